The quantitative estimate of drug-likeness (QED) is 0.476. The van der Waals surface area contributed by atoms with Crippen LogP contribution in [0, 0.1) is 0 Å². The van der Waals surface area contributed by atoms with Gasteiger partial charge >= 0.3 is 0 Å². The van der Waals surface area contributed by atoms with Gasteiger partial charge in [-0.2, -0.15) is 0 Å². The molecule has 0 unspecified atom stereocenters. The average Bonchev–Trinajstić information content (AvgIpc) is 2.30. The van der Waals surface area contributed by atoms with Gasteiger partial charge in [-0.1, -0.05) is 75.9 Å². The predicted molar refractivity (Wildman–Crippen MR) is 72.8 cm³/mol. The summed E-state index contributed by atoms with van der Waals surface area (Å²) in [6.45, 7) is 4.46. The molecule has 0 aliphatic heterocycles. The molecule has 0 atom stereocenters. The van der Waals surface area contributed by atoms with E-state index in [1.807, 2.05) is 36.4 Å². The molecule has 0 aliphatic rings. The van der Waals surface area contributed by atoms with E-state index in [9.17, 15) is 0 Å². The highest BCUT2D eigenvalue weighted by Gasteiger charge is 1.75. The van der Waals surface area contributed by atoms with Gasteiger partial charge in [0, 0.05) is 0 Å². The lowest BCUT2D eigenvalue weighted by molar-refractivity contribution is 0.702. The van der Waals surface area contributed by atoms with Crippen molar-refractivity contribution in [3.8, 4) is 0 Å². The molecule has 0 radical (unpaired) electrons. The first kappa shape index (κ1) is 17.2. The van der Waals surface area contributed by atoms with Crippen LogP contribution in [-0.2, 0) is 0 Å². The van der Waals surface area contributed by atoms with Crippen molar-refractivity contribution < 1.29 is 0 Å². The summed E-state index contributed by atoms with van der Waals surface area (Å²) in [7, 11) is 0. The molecule has 0 amide bonds. The Morgan fingerprint density at radius 1 is 0.667 bits per heavy atom. The second kappa shape index (κ2) is 19.4. The van der Waals surface area contributed by atoms with Crippen molar-refractivity contribution in [2.75, 3.05) is 5.34 Å². The number of unbranched alkanes of at least 4 members (excludes halogenated alkanes) is 3. The van der Waals surface area contributed by atoms with Gasteiger partial charge in [-0.05, 0) is 0 Å². The number of alkyl halides is 2. The molecule has 0 spiro atoms. The molecule has 1 aromatic rings. The van der Waals surface area contributed by atoms with Crippen LogP contribution >= 0.6 is 23.2 Å². The van der Waals surface area contributed by atoms with Gasteiger partial charge in [0.1, 0.15) is 0 Å². The van der Waals surface area contributed by atoms with Crippen molar-refractivity contribution in [3.05, 3.63) is 36.4 Å². The minimum absolute atomic E-state index is 0.194. The number of hydrogen-bond donors (Lipinski definition) is 0. The molecule has 0 heterocycles. The largest absolute Gasteiger partial charge is 0.109 e. The Morgan fingerprint density at radius 2 is 0.867 bits per heavy atom. The SMILES string of the molecule is CCCCCC.ClCCl.c1ccccc1. The maximum atomic E-state index is 4.76. The van der Waals surface area contributed by atoms with Crippen molar-refractivity contribution in [2.24, 2.45) is 0 Å². The molecule has 0 saturated heterocycles. The smallest absolute Gasteiger partial charge is 0.0967 e. The fourth-order valence-electron chi connectivity index (χ4n) is 0.885. The lowest BCUT2D eigenvalue weighted by atomic mass is 10.2. The van der Waals surface area contributed by atoms with Gasteiger partial charge in [0.05, 0.1) is 5.34 Å². The van der Waals surface area contributed by atoms with Crippen molar-refractivity contribution in [3.63, 3.8) is 0 Å². The third kappa shape index (κ3) is 24.8. The fourth-order valence-corrected chi connectivity index (χ4v) is 0.885. The van der Waals surface area contributed by atoms with Crippen LogP contribution in [0.3, 0.4) is 0 Å². The minimum atomic E-state index is 0.194. The monoisotopic (exact) mass is 248 g/mol. The topological polar surface area (TPSA) is 0 Å². The van der Waals surface area contributed by atoms with Crippen molar-refractivity contribution in [1.82, 2.24) is 0 Å². The molecule has 0 saturated carbocycles. The zero-order valence-electron chi connectivity index (χ0n) is 9.76. The number of rotatable bonds is 3. The first-order valence-electron chi connectivity index (χ1n) is 5.45. The van der Waals surface area contributed by atoms with E-state index in [0.29, 0.717) is 0 Å². The Bertz CT molecular complexity index is 133. The van der Waals surface area contributed by atoms with Crippen molar-refractivity contribution >= 4 is 23.2 Å². The van der Waals surface area contributed by atoms with Gasteiger partial charge in [-0.3, -0.25) is 0 Å². The zero-order valence-corrected chi connectivity index (χ0v) is 11.3. The van der Waals surface area contributed by atoms with Crippen molar-refractivity contribution in [1.29, 1.82) is 0 Å². The van der Waals surface area contributed by atoms with Gasteiger partial charge in [-0.15, -0.1) is 23.2 Å². The lowest BCUT2D eigenvalue weighted by Gasteiger charge is -1.86. The van der Waals surface area contributed by atoms with Gasteiger partial charge in [0.15, 0.2) is 0 Å². The van der Waals surface area contributed by atoms with E-state index < -0.39 is 0 Å². The highest BCUT2D eigenvalue weighted by molar-refractivity contribution is 6.40. The van der Waals surface area contributed by atoms with E-state index in [0.717, 1.165) is 0 Å². The molecule has 15 heavy (non-hydrogen) atoms. The molecule has 1 aromatic carbocycles. The summed E-state index contributed by atoms with van der Waals surface area (Å²) in [4.78, 5) is 0. The third-order valence-electron chi connectivity index (χ3n) is 1.62. The van der Waals surface area contributed by atoms with Crippen LogP contribution in [0.2, 0.25) is 0 Å². The number of hydrogen-bond acceptors (Lipinski definition) is 0. The number of benzene rings is 1. The second-order valence-corrected chi connectivity index (χ2v) is 3.77. The maximum Gasteiger partial charge on any atom is 0.0967 e. The summed E-state index contributed by atoms with van der Waals surface area (Å²) in [6.07, 6.45) is 5.54. The van der Waals surface area contributed by atoms with Crippen LogP contribution in [0.25, 0.3) is 0 Å². The van der Waals surface area contributed by atoms with Crippen LogP contribution < -0.4 is 0 Å². The predicted octanol–water partition coefficient (Wildman–Crippen LogP) is 5.69. The fraction of sp³-hybridized carbons (Fsp3) is 0.538. The first-order valence-corrected chi connectivity index (χ1v) is 6.52. The Morgan fingerprint density at radius 3 is 1.00 bits per heavy atom. The summed E-state index contributed by atoms with van der Waals surface area (Å²) in [5, 5.41) is 0.194. The van der Waals surface area contributed by atoms with E-state index in [1.54, 1.807) is 0 Å². The van der Waals surface area contributed by atoms with Gasteiger partial charge in [0.2, 0.25) is 0 Å². The van der Waals surface area contributed by atoms with Gasteiger partial charge < -0.3 is 0 Å². The molecule has 2 heteroatoms. The molecule has 0 aliphatic carbocycles. The maximum absolute atomic E-state index is 4.76. The second-order valence-electron chi connectivity index (χ2n) is 2.96. The van der Waals surface area contributed by atoms with E-state index >= 15 is 0 Å². The van der Waals surface area contributed by atoms with E-state index in [1.165, 1.54) is 25.7 Å². The van der Waals surface area contributed by atoms with Gasteiger partial charge in [0.25, 0.3) is 0 Å². The Hall–Kier alpha value is -0.200. The molecule has 0 nitrogen and oxygen atoms in total. The molecule has 1 rings (SSSR count). The summed E-state index contributed by atoms with van der Waals surface area (Å²) < 4.78 is 0. The van der Waals surface area contributed by atoms with Crippen molar-refractivity contribution in [2.45, 2.75) is 39.5 Å². The summed E-state index contributed by atoms with van der Waals surface area (Å²) in [5.74, 6) is 0. The van der Waals surface area contributed by atoms with E-state index in [-0.39, 0.29) is 5.34 Å². The molecule has 88 valence electrons. The van der Waals surface area contributed by atoms with Crippen LogP contribution in [0.1, 0.15) is 39.5 Å². The molecular weight excluding hydrogens is 227 g/mol. The van der Waals surface area contributed by atoms with Crippen LogP contribution in [0.4, 0.5) is 0 Å². The number of halogens is 2. The average molecular weight is 249 g/mol. The summed E-state index contributed by atoms with van der Waals surface area (Å²) in [5.41, 5.74) is 0. The molecular formula is C13H22Cl2. The molecule has 0 fully saturated rings. The molecule has 0 N–H and O–H groups in total. The lowest BCUT2D eigenvalue weighted by Crippen LogP contribution is -1.66. The summed E-state index contributed by atoms with van der Waals surface area (Å²) in [6, 6.07) is 12.0. The standard InChI is InChI=1S/C6H6.C6H14.CH2Cl2/c1-2-4-6-5-3-1;1-3-5-6-4-2;2-1-3/h1-6H;3-6H2,1-2H3;1H2. The first-order chi connectivity index (χ1) is 7.33. The minimum Gasteiger partial charge on any atom is -0.109 e. The molecule has 0 aromatic heterocycles. The Kier molecular flexibility index (Phi) is 22.2. The van der Waals surface area contributed by atoms with Crippen LogP contribution in [0.15, 0.2) is 36.4 Å². The van der Waals surface area contributed by atoms with E-state index in [4.69, 9.17) is 23.2 Å². The Labute approximate surface area is 105 Å². The normalized spacial score (nSPS) is 8.00. The van der Waals surface area contributed by atoms with E-state index in [2.05, 4.69) is 13.8 Å². The highest BCUT2D eigenvalue weighted by atomic mass is 35.5. The third-order valence-corrected chi connectivity index (χ3v) is 1.62. The van der Waals surface area contributed by atoms with Gasteiger partial charge in [-0.25, -0.2) is 0 Å². The summed E-state index contributed by atoms with van der Waals surface area (Å²) >= 11 is 9.53. The molecule has 0 bridgehead atoms. The van der Waals surface area contributed by atoms with Crippen LogP contribution in [-0.4, -0.2) is 5.34 Å². The Balaban J connectivity index is 0. The zero-order chi connectivity index (χ0) is 11.8. The van der Waals surface area contributed by atoms with Crippen LogP contribution in [0.5, 0.6) is 0 Å². The highest BCUT2D eigenvalue weighted by Crippen LogP contribution is 1.95.